The summed E-state index contributed by atoms with van der Waals surface area (Å²) in [6.45, 7) is 0.990. The molecule has 0 aromatic heterocycles. The molecule has 0 spiro atoms. The van der Waals surface area contributed by atoms with Gasteiger partial charge in [-0.2, -0.15) is 0 Å². The van der Waals surface area contributed by atoms with Gasteiger partial charge in [0.2, 0.25) is 11.8 Å². The van der Waals surface area contributed by atoms with Crippen molar-refractivity contribution in [3.63, 3.8) is 0 Å². The van der Waals surface area contributed by atoms with Crippen LogP contribution in [0.5, 0.6) is 0 Å². The number of hydrogen-bond acceptors (Lipinski definition) is 3. The van der Waals surface area contributed by atoms with E-state index in [0.717, 1.165) is 12.8 Å². The molecule has 1 saturated carbocycles. The lowest BCUT2D eigenvalue weighted by molar-refractivity contribution is -0.153. The Labute approximate surface area is 105 Å². The molecule has 0 bridgehead atoms. The number of nitrogens with one attached hydrogen (secondary N) is 1. The lowest BCUT2D eigenvalue weighted by Crippen LogP contribution is -2.53. The first-order valence-electron chi connectivity index (χ1n) is 6.38. The Bertz CT molecular complexity index is 369. The minimum Gasteiger partial charge on any atom is -0.481 e. The molecule has 0 aromatic carbocycles. The molecule has 6 heteroatoms. The molecule has 1 aliphatic carbocycles. The summed E-state index contributed by atoms with van der Waals surface area (Å²) < 4.78 is 0. The number of piperazine rings is 1. The van der Waals surface area contributed by atoms with E-state index in [2.05, 4.69) is 5.32 Å². The van der Waals surface area contributed by atoms with Crippen molar-refractivity contribution in [2.75, 3.05) is 19.6 Å². The summed E-state index contributed by atoms with van der Waals surface area (Å²) in [6, 6.07) is 0. The highest BCUT2D eigenvalue weighted by atomic mass is 16.4. The molecule has 2 unspecified atom stereocenters. The zero-order valence-electron chi connectivity index (χ0n) is 10.2. The molecule has 18 heavy (non-hydrogen) atoms. The zero-order chi connectivity index (χ0) is 13.1. The zero-order valence-corrected chi connectivity index (χ0v) is 10.2. The standard InChI is InChI=1S/C12H18N2O4/c15-10-7-14(6-5-13-10)11(16)8-3-1-2-4-9(8)12(17)18/h8-9H,1-7H2,(H,13,15)(H,17,18). The van der Waals surface area contributed by atoms with Crippen molar-refractivity contribution >= 4 is 17.8 Å². The molecule has 2 fully saturated rings. The molecule has 6 nitrogen and oxygen atoms in total. The molecule has 2 aliphatic rings. The van der Waals surface area contributed by atoms with Crippen molar-refractivity contribution in [1.82, 2.24) is 10.2 Å². The van der Waals surface area contributed by atoms with Crippen LogP contribution >= 0.6 is 0 Å². The van der Waals surface area contributed by atoms with Crippen LogP contribution in [-0.4, -0.2) is 47.4 Å². The summed E-state index contributed by atoms with van der Waals surface area (Å²) in [7, 11) is 0. The number of carboxylic acid groups (broad SMARTS) is 1. The smallest absolute Gasteiger partial charge is 0.307 e. The molecule has 2 amide bonds. The van der Waals surface area contributed by atoms with E-state index in [0.29, 0.717) is 25.9 Å². The molecule has 0 radical (unpaired) electrons. The number of carbonyl (C=O) groups excluding carboxylic acids is 2. The molecule has 2 atom stereocenters. The number of hydrogen-bond donors (Lipinski definition) is 2. The number of rotatable bonds is 2. The van der Waals surface area contributed by atoms with E-state index in [-0.39, 0.29) is 18.4 Å². The largest absolute Gasteiger partial charge is 0.481 e. The van der Waals surface area contributed by atoms with Gasteiger partial charge in [-0.15, -0.1) is 0 Å². The topological polar surface area (TPSA) is 86.7 Å². The van der Waals surface area contributed by atoms with E-state index < -0.39 is 17.8 Å². The molecule has 2 N–H and O–H groups in total. The third-order valence-electron chi connectivity index (χ3n) is 3.75. The Morgan fingerprint density at radius 1 is 1.22 bits per heavy atom. The Hall–Kier alpha value is -1.59. The van der Waals surface area contributed by atoms with E-state index in [4.69, 9.17) is 5.11 Å². The Morgan fingerprint density at radius 3 is 2.50 bits per heavy atom. The van der Waals surface area contributed by atoms with E-state index in [1.165, 1.54) is 4.90 Å². The SMILES string of the molecule is O=C1CN(C(=O)C2CCCCC2C(=O)O)CCN1. The number of nitrogens with zero attached hydrogens (tertiary/aromatic N) is 1. The van der Waals surface area contributed by atoms with E-state index in [9.17, 15) is 14.4 Å². The first-order chi connectivity index (χ1) is 8.59. The van der Waals surface area contributed by atoms with Crippen LogP contribution in [0, 0.1) is 11.8 Å². The van der Waals surface area contributed by atoms with Gasteiger partial charge in [0.1, 0.15) is 0 Å². The third kappa shape index (κ3) is 2.63. The third-order valence-corrected chi connectivity index (χ3v) is 3.75. The molecule has 0 aromatic rings. The van der Waals surface area contributed by atoms with Crippen LogP contribution in [0.1, 0.15) is 25.7 Å². The maximum Gasteiger partial charge on any atom is 0.307 e. The fraction of sp³-hybridized carbons (Fsp3) is 0.750. The number of carboxylic acids is 1. The van der Waals surface area contributed by atoms with Gasteiger partial charge in [0.05, 0.1) is 18.4 Å². The highest BCUT2D eigenvalue weighted by Gasteiger charge is 2.38. The molecule has 100 valence electrons. The summed E-state index contributed by atoms with van der Waals surface area (Å²) in [6.07, 6.45) is 2.93. The first kappa shape index (κ1) is 12.9. The molecule has 1 heterocycles. The highest BCUT2D eigenvalue weighted by molar-refractivity contribution is 5.89. The van der Waals surface area contributed by atoms with Gasteiger partial charge in [-0.1, -0.05) is 12.8 Å². The van der Waals surface area contributed by atoms with Crippen molar-refractivity contribution in [3.05, 3.63) is 0 Å². The van der Waals surface area contributed by atoms with Crippen LogP contribution in [-0.2, 0) is 14.4 Å². The van der Waals surface area contributed by atoms with E-state index in [1.807, 2.05) is 0 Å². The summed E-state index contributed by atoms with van der Waals surface area (Å²) >= 11 is 0. The summed E-state index contributed by atoms with van der Waals surface area (Å²) in [5, 5.41) is 11.8. The van der Waals surface area contributed by atoms with Crippen LogP contribution < -0.4 is 5.32 Å². The van der Waals surface area contributed by atoms with Crippen LogP contribution in [0.15, 0.2) is 0 Å². The quantitative estimate of drug-likeness (QED) is 0.716. The van der Waals surface area contributed by atoms with Gasteiger partial charge in [0, 0.05) is 13.1 Å². The maximum absolute atomic E-state index is 12.3. The summed E-state index contributed by atoms with van der Waals surface area (Å²) in [5.74, 6) is -2.28. The maximum atomic E-state index is 12.3. The van der Waals surface area contributed by atoms with Gasteiger partial charge in [0.25, 0.3) is 0 Å². The molecular formula is C12H18N2O4. The van der Waals surface area contributed by atoms with Gasteiger partial charge in [0.15, 0.2) is 0 Å². The molecular weight excluding hydrogens is 236 g/mol. The average Bonchev–Trinajstić information content (AvgIpc) is 2.38. The first-order valence-corrected chi connectivity index (χ1v) is 6.38. The van der Waals surface area contributed by atoms with Gasteiger partial charge in [-0.25, -0.2) is 0 Å². The van der Waals surface area contributed by atoms with Crippen molar-refractivity contribution in [3.8, 4) is 0 Å². The second-order valence-electron chi connectivity index (χ2n) is 4.95. The minimum atomic E-state index is -0.894. The number of carbonyl (C=O) groups is 3. The normalized spacial score (nSPS) is 28.7. The Morgan fingerprint density at radius 2 is 1.89 bits per heavy atom. The van der Waals surface area contributed by atoms with Crippen molar-refractivity contribution in [1.29, 1.82) is 0 Å². The molecule has 2 rings (SSSR count). The Kier molecular flexibility index (Phi) is 3.84. The van der Waals surface area contributed by atoms with Gasteiger partial charge in [-0.3, -0.25) is 14.4 Å². The van der Waals surface area contributed by atoms with Crippen LogP contribution in [0.4, 0.5) is 0 Å². The minimum absolute atomic E-state index is 0.0572. The number of aliphatic carboxylic acids is 1. The van der Waals surface area contributed by atoms with Crippen molar-refractivity contribution < 1.29 is 19.5 Å². The fourth-order valence-electron chi connectivity index (χ4n) is 2.78. The van der Waals surface area contributed by atoms with Crippen LogP contribution in [0.2, 0.25) is 0 Å². The second kappa shape index (κ2) is 5.37. The fourth-order valence-corrected chi connectivity index (χ4v) is 2.78. The van der Waals surface area contributed by atoms with E-state index in [1.54, 1.807) is 0 Å². The summed E-state index contributed by atoms with van der Waals surface area (Å²) in [5.41, 5.74) is 0. The van der Waals surface area contributed by atoms with Crippen molar-refractivity contribution in [2.45, 2.75) is 25.7 Å². The Balaban J connectivity index is 2.05. The van der Waals surface area contributed by atoms with Gasteiger partial charge >= 0.3 is 5.97 Å². The van der Waals surface area contributed by atoms with Gasteiger partial charge < -0.3 is 15.3 Å². The van der Waals surface area contributed by atoms with Crippen LogP contribution in [0.3, 0.4) is 0 Å². The average molecular weight is 254 g/mol. The molecule has 1 saturated heterocycles. The molecule has 1 aliphatic heterocycles. The lowest BCUT2D eigenvalue weighted by Gasteiger charge is -2.34. The second-order valence-corrected chi connectivity index (χ2v) is 4.95. The van der Waals surface area contributed by atoms with E-state index >= 15 is 0 Å². The van der Waals surface area contributed by atoms with Gasteiger partial charge in [-0.05, 0) is 12.8 Å². The predicted octanol–water partition coefficient (Wildman–Crippen LogP) is -0.164. The van der Waals surface area contributed by atoms with Crippen molar-refractivity contribution in [2.24, 2.45) is 11.8 Å². The predicted molar refractivity (Wildman–Crippen MR) is 62.7 cm³/mol. The number of amides is 2. The summed E-state index contributed by atoms with van der Waals surface area (Å²) in [4.78, 5) is 36.2. The lowest BCUT2D eigenvalue weighted by atomic mass is 9.78. The monoisotopic (exact) mass is 254 g/mol. The highest BCUT2D eigenvalue weighted by Crippen LogP contribution is 2.31. The van der Waals surface area contributed by atoms with Crippen LogP contribution in [0.25, 0.3) is 0 Å².